The molecule has 0 saturated carbocycles. The molecule has 2 heterocycles. The number of nitrogens with zero attached hydrogens (tertiary/aromatic N) is 3. The van der Waals surface area contributed by atoms with E-state index in [1.54, 1.807) is 45.0 Å². The Bertz CT molecular complexity index is 1680. The van der Waals surface area contributed by atoms with Crippen LogP contribution < -0.4 is 15.8 Å². The van der Waals surface area contributed by atoms with Crippen molar-refractivity contribution in [2.24, 2.45) is 5.73 Å². The van der Waals surface area contributed by atoms with Crippen molar-refractivity contribution in [2.75, 3.05) is 18.4 Å². The van der Waals surface area contributed by atoms with Crippen molar-refractivity contribution in [3.05, 3.63) is 76.6 Å². The third kappa shape index (κ3) is 9.99. The summed E-state index contributed by atoms with van der Waals surface area (Å²) < 4.78 is 91.3. The van der Waals surface area contributed by atoms with Crippen LogP contribution in [0.25, 0.3) is 0 Å². The summed E-state index contributed by atoms with van der Waals surface area (Å²) in [6.07, 6.45) is -9.31. The third-order valence-electron chi connectivity index (χ3n) is 6.89. The maximum absolute atomic E-state index is 13.8. The van der Waals surface area contributed by atoms with Crippen molar-refractivity contribution in [1.82, 2.24) is 14.9 Å². The van der Waals surface area contributed by atoms with Gasteiger partial charge in [-0.2, -0.15) is 13.2 Å². The van der Waals surface area contributed by atoms with Gasteiger partial charge in [-0.1, -0.05) is 30.2 Å². The number of amides is 2. The van der Waals surface area contributed by atoms with Gasteiger partial charge in [-0.15, -0.1) is 13.2 Å². The number of anilines is 2. The van der Waals surface area contributed by atoms with Gasteiger partial charge in [0, 0.05) is 24.8 Å². The second kappa shape index (κ2) is 13.8. The summed E-state index contributed by atoms with van der Waals surface area (Å²) in [5.74, 6) is 2.90. The minimum atomic E-state index is -5.09. The molecule has 0 atom stereocenters. The molecule has 0 aliphatic carbocycles. The van der Waals surface area contributed by atoms with Crippen LogP contribution in [0.1, 0.15) is 67.5 Å². The summed E-state index contributed by atoms with van der Waals surface area (Å²) in [6, 6.07) is 10.2. The molecule has 3 aromatic rings. The number of aromatic nitrogens is 2. The second-order valence-corrected chi connectivity index (χ2v) is 11.7. The summed E-state index contributed by atoms with van der Waals surface area (Å²) in [4.78, 5) is 32.8. The van der Waals surface area contributed by atoms with Gasteiger partial charge in [-0.05, 0) is 74.8 Å². The van der Waals surface area contributed by atoms with Crippen LogP contribution in [0.3, 0.4) is 0 Å². The van der Waals surface area contributed by atoms with E-state index in [1.807, 2.05) is 0 Å². The van der Waals surface area contributed by atoms with Crippen LogP contribution in [0.2, 0.25) is 0 Å². The van der Waals surface area contributed by atoms with E-state index in [4.69, 9.17) is 10.5 Å². The van der Waals surface area contributed by atoms with Crippen LogP contribution in [0.15, 0.2) is 48.7 Å². The highest BCUT2D eigenvalue weighted by Gasteiger charge is 2.36. The average Bonchev–Trinajstić information content (AvgIpc) is 2.95. The van der Waals surface area contributed by atoms with Crippen LogP contribution in [0.4, 0.5) is 42.8 Å². The minimum Gasteiger partial charge on any atom is -0.444 e. The lowest BCUT2D eigenvalue weighted by molar-refractivity contribution is -0.274. The smallest absolute Gasteiger partial charge is 0.444 e. The Morgan fingerprint density at radius 2 is 1.70 bits per heavy atom. The predicted molar refractivity (Wildman–Crippen MR) is 159 cm³/mol. The first-order valence-corrected chi connectivity index (χ1v) is 14.3. The molecule has 3 N–H and O–H groups in total. The van der Waals surface area contributed by atoms with Crippen molar-refractivity contribution < 1.29 is 45.4 Å². The molecule has 4 rings (SSSR count). The van der Waals surface area contributed by atoms with Gasteiger partial charge in [0.2, 0.25) is 11.9 Å². The number of ether oxygens (including phenoxy) is 2. The quantitative estimate of drug-likeness (QED) is 0.223. The highest BCUT2D eigenvalue weighted by atomic mass is 19.4. The number of nitrogens with two attached hydrogens (primary N) is 1. The van der Waals surface area contributed by atoms with Gasteiger partial charge in [0.1, 0.15) is 16.9 Å². The zero-order valence-corrected chi connectivity index (χ0v) is 25.6. The lowest BCUT2D eigenvalue weighted by atomic mass is 9.89. The molecule has 15 heteroatoms. The summed E-state index contributed by atoms with van der Waals surface area (Å²) >= 11 is 0. The van der Waals surface area contributed by atoms with E-state index in [-0.39, 0.29) is 23.6 Å². The molecular weight excluding hydrogens is 632 g/mol. The SMILES string of the molecule is CC(C)(C)OC(=O)N1CCC(c2ccc(Nc3ncc(C(F)(F)F)c(C#Cc4ccccc4CC(N)=O)n3)c(OC(F)(F)F)c2)CC1. The Labute approximate surface area is 266 Å². The first-order valence-electron chi connectivity index (χ1n) is 14.3. The van der Waals surface area contributed by atoms with Gasteiger partial charge < -0.3 is 25.4 Å². The van der Waals surface area contributed by atoms with Crippen molar-refractivity contribution in [3.63, 3.8) is 0 Å². The highest BCUT2D eigenvalue weighted by molar-refractivity contribution is 5.77. The van der Waals surface area contributed by atoms with Gasteiger partial charge in [-0.3, -0.25) is 4.79 Å². The van der Waals surface area contributed by atoms with Gasteiger partial charge in [0.25, 0.3) is 0 Å². The van der Waals surface area contributed by atoms with Crippen LogP contribution in [-0.4, -0.2) is 51.9 Å². The number of hydrogen-bond acceptors (Lipinski definition) is 7. The normalized spacial score (nSPS) is 14.2. The Morgan fingerprint density at radius 3 is 2.32 bits per heavy atom. The summed E-state index contributed by atoms with van der Waals surface area (Å²) in [5.41, 5.74) is 3.41. The summed E-state index contributed by atoms with van der Waals surface area (Å²) in [6.45, 7) is 5.88. The molecule has 1 saturated heterocycles. The van der Waals surface area contributed by atoms with Gasteiger partial charge in [-0.25, -0.2) is 14.8 Å². The molecule has 2 amide bonds. The molecule has 0 bridgehead atoms. The third-order valence-corrected chi connectivity index (χ3v) is 6.89. The summed E-state index contributed by atoms with van der Waals surface area (Å²) in [5, 5.41) is 2.51. The van der Waals surface area contributed by atoms with Crippen LogP contribution in [-0.2, 0) is 22.1 Å². The fourth-order valence-corrected chi connectivity index (χ4v) is 4.80. The number of nitrogens with one attached hydrogen (secondary N) is 1. The number of halogens is 6. The van der Waals surface area contributed by atoms with E-state index in [9.17, 15) is 35.9 Å². The van der Waals surface area contributed by atoms with Crippen LogP contribution in [0, 0.1) is 11.8 Å². The largest absolute Gasteiger partial charge is 0.573 e. The molecule has 0 spiro atoms. The molecule has 0 unspecified atom stereocenters. The molecule has 250 valence electrons. The lowest BCUT2D eigenvalue weighted by Gasteiger charge is -2.33. The van der Waals surface area contributed by atoms with Gasteiger partial charge in [0.05, 0.1) is 12.1 Å². The summed E-state index contributed by atoms with van der Waals surface area (Å²) in [7, 11) is 0. The van der Waals surface area contributed by atoms with E-state index < -0.39 is 53.1 Å². The van der Waals surface area contributed by atoms with Crippen molar-refractivity contribution >= 4 is 23.6 Å². The van der Waals surface area contributed by atoms with Crippen molar-refractivity contribution in [1.29, 1.82) is 0 Å². The number of carbonyl (C=O) groups is 2. The maximum atomic E-state index is 13.8. The topological polar surface area (TPSA) is 120 Å². The lowest BCUT2D eigenvalue weighted by Crippen LogP contribution is -2.41. The Kier molecular flexibility index (Phi) is 10.2. The van der Waals surface area contributed by atoms with Crippen LogP contribution >= 0.6 is 0 Å². The van der Waals surface area contributed by atoms with Gasteiger partial charge in [0.15, 0.2) is 5.75 Å². The monoisotopic (exact) mass is 663 g/mol. The molecule has 47 heavy (non-hydrogen) atoms. The molecule has 2 aromatic carbocycles. The maximum Gasteiger partial charge on any atom is 0.573 e. The van der Waals surface area contributed by atoms with E-state index >= 15 is 0 Å². The number of primary amides is 1. The van der Waals surface area contributed by atoms with E-state index in [0.717, 1.165) is 0 Å². The molecule has 1 aliphatic rings. The fourth-order valence-electron chi connectivity index (χ4n) is 4.80. The standard InChI is InChI=1S/C32H31F6N5O4/c1-30(2,3)47-29(45)43-14-12-20(13-15-43)22-9-11-25(26(16-22)46-32(36,37)38)42-28-40-18-23(31(33,34)35)24(41-28)10-8-19-6-4-5-7-21(19)17-27(39)44/h4-7,9,11,16,18,20H,12-15,17H2,1-3H3,(H2,39,44)(H,40,41,42). The number of hydrogen-bond donors (Lipinski definition) is 2. The molecule has 1 aliphatic heterocycles. The molecule has 1 aromatic heterocycles. The van der Waals surface area contributed by atoms with E-state index in [0.29, 0.717) is 43.3 Å². The van der Waals surface area contributed by atoms with E-state index in [2.05, 4.69) is 31.9 Å². The second-order valence-electron chi connectivity index (χ2n) is 11.7. The number of likely N-dealkylation sites (tertiary alicyclic amines) is 1. The first-order chi connectivity index (χ1) is 21.9. The number of rotatable bonds is 6. The highest BCUT2D eigenvalue weighted by Crippen LogP contribution is 2.38. The Hall–Kier alpha value is -5.00. The number of carbonyl (C=O) groups excluding carboxylic acids is 2. The Balaban J connectivity index is 1.62. The fraction of sp³-hybridized carbons (Fsp3) is 0.375. The molecule has 9 nitrogen and oxygen atoms in total. The van der Waals surface area contributed by atoms with Crippen LogP contribution in [0.5, 0.6) is 5.75 Å². The average molecular weight is 664 g/mol. The number of piperidine rings is 1. The molecule has 0 radical (unpaired) electrons. The van der Waals surface area contributed by atoms with Crippen molar-refractivity contribution in [3.8, 4) is 17.6 Å². The van der Waals surface area contributed by atoms with Crippen molar-refractivity contribution in [2.45, 2.75) is 64.1 Å². The molecule has 1 fully saturated rings. The minimum absolute atomic E-state index is 0.200. The Morgan fingerprint density at radius 1 is 1.02 bits per heavy atom. The zero-order chi connectivity index (χ0) is 34.6. The predicted octanol–water partition coefficient (Wildman–Crippen LogP) is 6.68. The zero-order valence-electron chi connectivity index (χ0n) is 25.6. The molecular formula is C32H31F6N5O4. The number of alkyl halides is 6. The van der Waals surface area contributed by atoms with Gasteiger partial charge >= 0.3 is 18.6 Å². The number of benzene rings is 2. The van der Waals surface area contributed by atoms with E-state index in [1.165, 1.54) is 23.1 Å². The first kappa shape index (κ1) is 34.9.